The van der Waals surface area contributed by atoms with E-state index in [1.165, 1.54) is 18.3 Å². The Hall–Kier alpha value is -1.18. The van der Waals surface area contributed by atoms with Crippen molar-refractivity contribution < 1.29 is 13.2 Å². The second-order valence-electron chi connectivity index (χ2n) is 3.64. The van der Waals surface area contributed by atoms with Crippen LogP contribution in [0, 0.1) is 0 Å². The highest BCUT2D eigenvalue weighted by Gasteiger charge is 2.13. The molecule has 0 spiro atoms. The molecule has 1 aromatic rings. The van der Waals surface area contributed by atoms with E-state index in [2.05, 4.69) is 9.71 Å². The van der Waals surface area contributed by atoms with E-state index in [-0.39, 0.29) is 28.9 Å². The van der Waals surface area contributed by atoms with Gasteiger partial charge in [0.2, 0.25) is 15.9 Å². The minimum absolute atomic E-state index is 0.0572. The van der Waals surface area contributed by atoms with Gasteiger partial charge in [-0.3, -0.25) is 4.79 Å². The number of primary amides is 1. The zero-order valence-electron chi connectivity index (χ0n) is 9.60. The number of unbranched alkanes of at least 4 members (excludes halogenated alkanes) is 1. The molecule has 0 aliphatic rings. The molecule has 1 rings (SSSR count). The Morgan fingerprint density at radius 2 is 2.11 bits per heavy atom. The van der Waals surface area contributed by atoms with Crippen molar-refractivity contribution in [2.24, 2.45) is 5.73 Å². The Labute approximate surface area is 111 Å². The molecule has 0 aliphatic carbocycles. The van der Waals surface area contributed by atoms with Gasteiger partial charge in [-0.25, -0.2) is 18.1 Å². The number of halogens is 1. The third-order valence-corrected chi connectivity index (χ3v) is 3.82. The predicted octanol–water partition coefficient (Wildman–Crippen LogP) is 0.669. The van der Waals surface area contributed by atoms with Crippen molar-refractivity contribution in [3.05, 3.63) is 23.5 Å². The van der Waals surface area contributed by atoms with Gasteiger partial charge in [-0.2, -0.15) is 0 Å². The number of nitrogens with two attached hydrogens (primary N) is 1. The normalized spacial score (nSPS) is 11.4. The van der Waals surface area contributed by atoms with Gasteiger partial charge in [0.05, 0.1) is 0 Å². The zero-order chi connectivity index (χ0) is 13.6. The van der Waals surface area contributed by atoms with Gasteiger partial charge in [-0.05, 0) is 25.0 Å². The van der Waals surface area contributed by atoms with Gasteiger partial charge >= 0.3 is 0 Å². The first-order valence-corrected chi connectivity index (χ1v) is 7.17. The molecule has 0 radical (unpaired) electrons. The van der Waals surface area contributed by atoms with Crippen LogP contribution in [-0.2, 0) is 14.8 Å². The van der Waals surface area contributed by atoms with Crippen molar-refractivity contribution in [2.45, 2.75) is 24.2 Å². The summed E-state index contributed by atoms with van der Waals surface area (Å²) in [6.45, 7) is 0.248. The van der Waals surface area contributed by atoms with E-state index >= 15 is 0 Å². The molecule has 0 saturated carbocycles. The fraction of sp³-hybridized carbons (Fsp3) is 0.400. The smallest absolute Gasteiger partial charge is 0.242 e. The number of pyridine rings is 1. The minimum atomic E-state index is -3.57. The predicted molar refractivity (Wildman–Crippen MR) is 67.5 cm³/mol. The first kappa shape index (κ1) is 14.9. The van der Waals surface area contributed by atoms with Crippen LogP contribution in [0.25, 0.3) is 0 Å². The number of carbonyl (C=O) groups is 1. The lowest BCUT2D eigenvalue weighted by Crippen LogP contribution is -2.25. The Balaban J connectivity index is 2.45. The van der Waals surface area contributed by atoms with Gasteiger partial charge in [-0.15, -0.1) is 0 Å². The van der Waals surface area contributed by atoms with Gasteiger partial charge in [0, 0.05) is 19.2 Å². The van der Waals surface area contributed by atoms with Crippen LogP contribution >= 0.6 is 11.6 Å². The molecule has 1 amide bonds. The van der Waals surface area contributed by atoms with Crippen LogP contribution in [0.1, 0.15) is 19.3 Å². The van der Waals surface area contributed by atoms with E-state index in [1.54, 1.807) is 0 Å². The molecule has 100 valence electrons. The lowest BCUT2D eigenvalue weighted by Gasteiger charge is -2.05. The number of sulfonamides is 1. The van der Waals surface area contributed by atoms with E-state index in [0.29, 0.717) is 12.8 Å². The van der Waals surface area contributed by atoms with Gasteiger partial charge in [0.25, 0.3) is 0 Å². The molecule has 1 heterocycles. The summed E-state index contributed by atoms with van der Waals surface area (Å²) in [5.74, 6) is -0.389. The molecular weight excluding hydrogens is 278 g/mol. The van der Waals surface area contributed by atoms with Crippen LogP contribution < -0.4 is 10.5 Å². The summed E-state index contributed by atoms with van der Waals surface area (Å²) in [6, 6.07) is 2.78. The average Bonchev–Trinajstić information content (AvgIpc) is 2.28. The maximum atomic E-state index is 11.8. The van der Waals surface area contributed by atoms with Gasteiger partial charge in [0.1, 0.15) is 10.0 Å². The van der Waals surface area contributed by atoms with Crippen molar-refractivity contribution in [3.8, 4) is 0 Å². The third-order valence-electron chi connectivity index (χ3n) is 2.15. The van der Waals surface area contributed by atoms with Crippen LogP contribution in [0.3, 0.4) is 0 Å². The van der Waals surface area contributed by atoms with Crippen molar-refractivity contribution in [1.29, 1.82) is 0 Å². The van der Waals surface area contributed by atoms with Crippen LogP contribution in [0.15, 0.2) is 23.2 Å². The summed E-state index contributed by atoms with van der Waals surface area (Å²) >= 11 is 5.57. The number of amides is 1. The number of rotatable bonds is 7. The molecule has 0 atom stereocenters. The largest absolute Gasteiger partial charge is 0.370 e. The van der Waals surface area contributed by atoms with Crippen molar-refractivity contribution in [1.82, 2.24) is 9.71 Å². The Bertz CT molecular complexity index is 502. The molecule has 0 aromatic carbocycles. The second kappa shape index (κ2) is 6.67. The van der Waals surface area contributed by atoms with Crippen molar-refractivity contribution in [3.63, 3.8) is 0 Å². The maximum absolute atomic E-state index is 11.8. The molecule has 8 heteroatoms. The van der Waals surface area contributed by atoms with E-state index in [4.69, 9.17) is 17.3 Å². The van der Waals surface area contributed by atoms with Crippen molar-refractivity contribution in [2.75, 3.05) is 6.54 Å². The first-order chi connectivity index (χ1) is 8.42. The highest BCUT2D eigenvalue weighted by molar-refractivity contribution is 7.89. The van der Waals surface area contributed by atoms with Crippen molar-refractivity contribution >= 4 is 27.5 Å². The van der Waals surface area contributed by atoms with Gasteiger partial charge < -0.3 is 5.73 Å². The standard InChI is InChI=1S/C10H14ClN3O3S/c11-9-5-4-8(7-13-9)18(16,17)14-6-2-1-3-10(12)15/h4-5,7,14H,1-3,6H2,(H2,12,15). The minimum Gasteiger partial charge on any atom is -0.370 e. The summed E-state index contributed by atoms with van der Waals surface area (Å²) in [5.41, 5.74) is 4.97. The number of carbonyl (C=O) groups excluding carboxylic acids is 1. The van der Waals surface area contributed by atoms with Gasteiger partial charge in [0.15, 0.2) is 0 Å². The summed E-state index contributed by atoms with van der Waals surface area (Å²) in [7, 11) is -3.57. The van der Waals surface area contributed by atoms with E-state index in [0.717, 1.165) is 0 Å². The lowest BCUT2D eigenvalue weighted by molar-refractivity contribution is -0.118. The zero-order valence-corrected chi connectivity index (χ0v) is 11.2. The average molecular weight is 292 g/mol. The monoisotopic (exact) mass is 291 g/mol. The molecular formula is C10H14ClN3O3S. The molecule has 0 aliphatic heterocycles. The number of nitrogens with zero attached hydrogens (tertiary/aromatic N) is 1. The number of nitrogens with one attached hydrogen (secondary N) is 1. The summed E-state index contributed by atoms with van der Waals surface area (Å²) in [6.07, 6.45) is 2.54. The van der Waals surface area contributed by atoms with Gasteiger partial charge in [-0.1, -0.05) is 11.6 Å². The Kier molecular flexibility index (Phi) is 5.52. The molecule has 0 fully saturated rings. The van der Waals surface area contributed by atoms with E-state index < -0.39 is 10.0 Å². The van der Waals surface area contributed by atoms with E-state index in [1.807, 2.05) is 0 Å². The van der Waals surface area contributed by atoms with Crippen LogP contribution in [-0.4, -0.2) is 25.9 Å². The fourth-order valence-corrected chi connectivity index (χ4v) is 2.37. The molecule has 1 aromatic heterocycles. The molecule has 18 heavy (non-hydrogen) atoms. The number of aromatic nitrogens is 1. The highest BCUT2D eigenvalue weighted by atomic mass is 35.5. The molecule has 0 saturated heterocycles. The number of hydrogen-bond acceptors (Lipinski definition) is 4. The van der Waals surface area contributed by atoms with Crippen LogP contribution in [0.2, 0.25) is 5.15 Å². The maximum Gasteiger partial charge on any atom is 0.242 e. The summed E-state index contributed by atoms with van der Waals surface area (Å²) < 4.78 is 25.9. The molecule has 3 N–H and O–H groups in total. The summed E-state index contributed by atoms with van der Waals surface area (Å²) in [5, 5.41) is 0.232. The Morgan fingerprint density at radius 3 is 2.67 bits per heavy atom. The first-order valence-electron chi connectivity index (χ1n) is 5.31. The SMILES string of the molecule is NC(=O)CCCCNS(=O)(=O)c1ccc(Cl)nc1. The molecule has 0 unspecified atom stereocenters. The fourth-order valence-electron chi connectivity index (χ4n) is 1.24. The lowest BCUT2D eigenvalue weighted by atomic mass is 10.2. The highest BCUT2D eigenvalue weighted by Crippen LogP contribution is 2.10. The van der Waals surface area contributed by atoms with Crippen LogP contribution in [0.5, 0.6) is 0 Å². The number of hydrogen-bond donors (Lipinski definition) is 2. The van der Waals surface area contributed by atoms with Crippen LogP contribution in [0.4, 0.5) is 0 Å². The van der Waals surface area contributed by atoms with E-state index in [9.17, 15) is 13.2 Å². The topological polar surface area (TPSA) is 102 Å². The summed E-state index contributed by atoms with van der Waals surface area (Å²) in [4.78, 5) is 14.2. The quantitative estimate of drug-likeness (QED) is 0.569. The third kappa shape index (κ3) is 4.99. The second-order valence-corrected chi connectivity index (χ2v) is 5.79. The molecule has 6 nitrogen and oxygen atoms in total. The molecule has 0 bridgehead atoms. The Morgan fingerprint density at radius 1 is 1.39 bits per heavy atom.